The van der Waals surface area contributed by atoms with E-state index in [1.807, 2.05) is 12.4 Å². The predicted molar refractivity (Wildman–Crippen MR) is 70.0 cm³/mol. The molecule has 4 nitrogen and oxygen atoms in total. The van der Waals surface area contributed by atoms with E-state index in [9.17, 15) is 0 Å². The van der Waals surface area contributed by atoms with E-state index in [2.05, 4.69) is 40.8 Å². The number of piperidine rings is 1. The van der Waals surface area contributed by atoms with Crippen LogP contribution in [0.3, 0.4) is 0 Å². The molecule has 0 aromatic carbocycles. The van der Waals surface area contributed by atoms with E-state index >= 15 is 0 Å². The number of hydrogen-bond donors (Lipinski definition) is 1. The van der Waals surface area contributed by atoms with Crippen LogP contribution in [0.1, 0.15) is 19.2 Å². The number of nitrogens with zero attached hydrogens (tertiary/aromatic N) is 3. The van der Waals surface area contributed by atoms with Crippen LogP contribution in [0, 0.1) is 5.92 Å². The van der Waals surface area contributed by atoms with Gasteiger partial charge in [0.1, 0.15) is 5.82 Å². The van der Waals surface area contributed by atoms with Gasteiger partial charge in [-0.1, -0.05) is 6.92 Å². The number of aromatic nitrogens is 2. The van der Waals surface area contributed by atoms with Gasteiger partial charge >= 0.3 is 0 Å². The fourth-order valence-corrected chi connectivity index (χ4v) is 2.76. The first-order valence-electron chi connectivity index (χ1n) is 6.56. The Hall–Kier alpha value is -0.870. The van der Waals surface area contributed by atoms with Crippen LogP contribution in [0.5, 0.6) is 0 Å². The molecule has 1 fully saturated rings. The summed E-state index contributed by atoms with van der Waals surface area (Å²) in [7, 11) is 4.14. The second-order valence-electron chi connectivity index (χ2n) is 5.17. The van der Waals surface area contributed by atoms with Crippen molar-refractivity contribution in [1.82, 2.24) is 19.8 Å². The largest absolute Gasteiger partial charge is 0.338 e. The number of imidazole rings is 1. The molecule has 1 saturated heterocycles. The van der Waals surface area contributed by atoms with E-state index in [0.717, 1.165) is 18.9 Å². The maximum absolute atomic E-state index is 4.37. The van der Waals surface area contributed by atoms with Crippen LogP contribution in [-0.2, 0) is 13.5 Å². The van der Waals surface area contributed by atoms with Gasteiger partial charge in [0.25, 0.3) is 0 Å². The standard InChI is InChI=1S/C13H24N4/c1-11-10-17(7-4-12(11)14-2)8-5-13-15-6-9-16(13)3/h6,9,11-12,14H,4-5,7-8,10H2,1-3H3. The zero-order chi connectivity index (χ0) is 12.3. The van der Waals surface area contributed by atoms with Gasteiger partial charge in [0.2, 0.25) is 0 Å². The van der Waals surface area contributed by atoms with Gasteiger partial charge in [-0.15, -0.1) is 0 Å². The quantitative estimate of drug-likeness (QED) is 0.843. The van der Waals surface area contributed by atoms with Crippen LogP contribution in [0.15, 0.2) is 12.4 Å². The fourth-order valence-electron chi connectivity index (χ4n) is 2.76. The molecule has 1 N–H and O–H groups in total. The Morgan fingerprint density at radius 2 is 2.35 bits per heavy atom. The lowest BCUT2D eigenvalue weighted by Crippen LogP contribution is -2.47. The average Bonchev–Trinajstić information content (AvgIpc) is 2.72. The molecule has 1 aromatic heterocycles. The molecule has 1 aliphatic rings. The number of hydrogen-bond acceptors (Lipinski definition) is 3. The highest BCUT2D eigenvalue weighted by atomic mass is 15.2. The van der Waals surface area contributed by atoms with Gasteiger partial charge in [-0.05, 0) is 25.9 Å². The molecule has 2 unspecified atom stereocenters. The Bertz CT molecular complexity index is 347. The SMILES string of the molecule is CNC1CCN(CCc2nccn2C)CC1C. The minimum atomic E-state index is 0.694. The molecule has 96 valence electrons. The number of rotatable bonds is 4. The normalized spacial score (nSPS) is 26.3. The van der Waals surface area contributed by atoms with E-state index in [1.165, 1.54) is 25.3 Å². The van der Waals surface area contributed by atoms with Crippen LogP contribution in [-0.4, -0.2) is 47.2 Å². The summed E-state index contributed by atoms with van der Waals surface area (Å²) in [5.74, 6) is 1.93. The lowest BCUT2D eigenvalue weighted by Gasteiger charge is -2.36. The molecule has 0 spiro atoms. The Kier molecular flexibility index (Phi) is 4.18. The lowest BCUT2D eigenvalue weighted by atomic mass is 9.94. The van der Waals surface area contributed by atoms with E-state index in [4.69, 9.17) is 0 Å². The highest BCUT2D eigenvalue weighted by molar-refractivity contribution is 4.92. The number of likely N-dealkylation sites (tertiary alicyclic amines) is 1. The van der Waals surface area contributed by atoms with Gasteiger partial charge in [-0.3, -0.25) is 0 Å². The third-order valence-corrected chi connectivity index (χ3v) is 3.93. The molecule has 1 aromatic rings. The fraction of sp³-hybridized carbons (Fsp3) is 0.769. The van der Waals surface area contributed by atoms with Crippen LogP contribution in [0.2, 0.25) is 0 Å². The first kappa shape index (κ1) is 12.6. The molecular formula is C13H24N4. The summed E-state index contributed by atoms with van der Waals surface area (Å²) < 4.78 is 2.11. The molecule has 0 aliphatic carbocycles. The molecular weight excluding hydrogens is 212 g/mol. The van der Waals surface area contributed by atoms with E-state index in [-0.39, 0.29) is 0 Å². The van der Waals surface area contributed by atoms with Crippen LogP contribution in [0.4, 0.5) is 0 Å². The van der Waals surface area contributed by atoms with Gasteiger partial charge in [-0.25, -0.2) is 4.98 Å². The minimum absolute atomic E-state index is 0.694. The third-order valence-electron chi connectivity index (χ3n) is 3.93. The Balaban J connectivity index is 1.79. The van der Waals surface area contributed by atoms with Crippen molar-refractivity contribution < 1.29 is 0 Å². The molecule has 2 rings (SSSR count). The zero-order valence-electron chi connectivity index (χ0n) is 11.2. The van der Waals surface area contributed by atoms with Gasteiger partial charge in [0.05, 0.1) is 0 Å². The Morgan fingerprint density at radius 3 is 2.94 bits per heavy atom. The smallest absolute Gasteiger partial charge is 0.109 e. The lowest BCUT2D eigenvalue weighted by molar-refractivity contribution is 0.152. The van der Waals surface area contributed by atoms with Crippen molar-refractivity contribution in [3.8, 4) is 0 Å². The summed E-state index contributed by atoms with van der Waals surface area (Å²) in [5.41, 5.74) is 0. The van der Waals surface area contributed by atoms with Crippen molar-refractivity contribution >= 4 is 0 Å². The molecule has 0 amide bonds. The van der Waals surface area contributed by atoms with Crippen LogP contribution in [0.25, 0.3) is 0 Å². The van der Waals surface area contributed by atoms with Crippen LogP contribution < -0.4 is 5.32 Å². The maximum atomic E-state index is 4.37. The second kappa shape index (κ2) is 5.65. The van der Waals surface area contributed by atoms with E-state index in [1.54, 1.807) is 0 Å². The highest BCUT2D eigenvalue weighted by Gasteiger charge is 2.24. The van der Waals surface area contributed by atoms with Crippen molar-refractivity contribution in [2.24, 2.45) is 13.0 Å². The molecule has 2 atom stereocenters. The minimum Gasteiger partial charge on any atom is -0.338 e. The Morgan fingerprint density at radius 1 is 1.53 bits per heavy atom. The van der Waals surface area contributed by atoms with Crippen molar-refractivity contribution in [3.05, 3.63) is 18.2 Å². The molecule has 17 heavy (non-hydrogen) atoms. The van der Waals surface area contributed by atoms with Crippen molar-refractivity contribution in [3.63, 3.8) is 0 Å². The summed E-state index contributed by atoms with van der Waals surface area (Å²) >= 11 is 0. The molecule has 4 heteroatoms. The molecule has 2 heterocycles. The monoisotopic (exact) mass is 236 g/mol. The first-order chi connectivity index (χ1) is 8.20. The third kappa shape index (κ3) is 3.07. The molecule has 0 radical (unpaired) electrons. The summed E-state index contributed by atoms with van der Waals surface area (Å²) in [6.07, 6.45) is 6.22. The molecule has 1 aliphatic heterocycles. The van der Waals surface area contributed by atoms with Crippen LogP contribution >= 0.6 is 0 Å². The van der Waals surface area contributed by atoms with Crippen molar-refractivity contribution in [2.45, 2.75) is 25.8 Å². The second-order valence-corrected chi connectivity index (χ2v) is 5.17. The molecule has 0 saturated carbocycles. The zero-order valence-corrected chi connectivity index (χ0v) is 11.2. The first-order valence-corrected chi connectivity index (χ1v) is 6.56. The predicted octanol–water partition coefficient (Wildman–Crippen LogP) is 0.892. The van der Waals surface area contributed by atoms with Gasteiger partial charge in [-0.2, -0.15) is 0 Å². The van der Waals surface area contributed by atoms with E-state index in [0.29, 0.717) is 6.04 Å². The van der Waals surface area contributed by atoms with Gasteiger partial charge in [0, 0.05) is 45.0 Å². The van der Waals surface area contributed by atoms with Gasteiger partial charge < -0.3 is 14.8 Å². The van der Waals surface area contributed by atoms with E-state index < -0.39 is 0 Å². The average molecular weight is 236 g/mol. The summed E-state index contributed by atoms with van der Waals surface area (Å²) in [6.45, 7) is 5.88. The van der Waals surface area contributed by atoms with Crippen molar-refractivity contribution in [1.29, 1.82) is 0 Å². The Labute approximate surface area is 104 Å². The number of aryl methyl sites for hydroxylation is 1. The van der Waals surface area contributed by atoms with Crippen molar-refractivity contribution in [2.75, 3.05) is 26.7 Å². The maximum Gasteiger partial charge on any atom is 0.109 e. The summed E-state index contributed by atoms with van der Waals surface area (Å²) in [6, 6.07) is 0.694. The topological polar surface area (TPSA) is 33.1 Å². The van der Waals surface area contributed by atoms with Gasteiger partial charge in [0.15, 0.2) is 0 Å². The summed E-state index contributed by atoms with van der Waals surface area (Å²) in [5, 5.41) is 3.41. The molecule has 0 bridgehead atoms. The summed E-state index contributed by atoms with van der Waals surface area (Å²) in [4.78, 5) is 6.94. The highest BCUT2D eigenvalue weighted by Crippen LogP contribution is 2.16. The number of nitrogens with one attached hydrogen (secondary N) is 1.